The lowest BCUT2D eigenvalue weighted by molar-refractivity contribution is -0.173. The lowest BCUT2D eigenvalue weighted by atomic mass is 9.63. The maximum absolute atomic E-state index is 13.8. The van der Waals surface area contributed by atoms with Crippen molar-refractivity contribution in [3.8, 4) is 11.8 Å². The van der Waals surface area contributed by atoms with Crippen molar-refractivity contribution in [1.29, 1.82) is 0 Å². The van der Waals surface area contributed by atoms with Crippen molar-refractivity contribution in [3.05, 3.63) is 105 Å². The lowest BCUT2D eigenvalue weighted by Gasteiger charge is -2.46. The minimum atomic E-state index is -1.28. The van der Waals surface area contributed by atoms with Gasteiger partial charge in [-0.2, -0.15) is 0 Å². The average Bonchev–Trinajstić information content (AvgIpc) is 3.89. The van der Waals surface area contributed by atoms with E-state index in [1.54, 1.807) is 90.7 Å². The van der Waals surface area contributed by atoms with Crippen molar-refractivity contribution >= 4 is 57.8 Å². The number of carbonyl (C=O) groups excluding carboxylic acids is 3. The van der Waals surface area contributed by atoms with Crippen LogP contribution in [0.3, 0.4) is 0 Å². The summed E-state index contributed by atoms with van der Waals surface area (Å²) in [5.41, 5.74) is 12.2. The van der Waals surface area contributed by atoms with Crippen LogP contribution in [0.1, 0.15) is 46.8 Å². The molecular formula is C36H33ClN8O5S. The van der Waals surface area contributed by atoms with Gasteiger partial charge >= 0.3 is 11.9 Å². The van der Waals surface area contributed by atoms with Crippen molar-refractivity contribution in [2.24, 2.45) is 16.9 Å². The van der Waals surface area contributed by atoms with Crippen molar-refractivity contribution < 1.29 is 23.9 Å². The highest BCUT2D eigenvalue weighted by Crippen LogP contribution is 2.68. The molecule has 13 nitrogen and oxygen atoms in total. The zero-order valence-electron chi connectivity index (χ0n) is 27.5. The first-order chi connectivity index (χ1) is 24.6. The molecule has 3 aliphatic carbocycles. The van der Waals surface area contributed by atoms with Crippen LogP contribution in [0.25, 0.3) is 11.2 Å². The summed E-state index contributed by atoms with van der Waals surface area (Å²) in [4.78, 5) is 56.0. The van der Waals surface area contributed by atoms with Crippen LogP contribution in [-0.4, -0.2) is 63.7 Å². The first-order valence-corrected chi connectivity index (χ1v) is 17.2. The second kappa shape index (κ2) is 13.4. The van der Waals surface area contributed by atoms with Gasteiger partial charge in [0.25, 0.3) is 0 Å². The number of carbonyl (C=O) groups is 3. The number of aromatic nitrogens is 4. The van der Waals surface area contributed by atoms with E-state index < -0.39 is 47.2 Å². The number of rotatable bonds is 9. The van der Waals surface area contributed by atoms with Gasteiger partial charge in [0, 0.05) is 14.1 Å². The largest absolute Gasteiger partial charge is 0.456 e. The number of ether oxygens (including phenoxy) is 2. The van der Waals surface area contributed by atoms with Gasteiger partial charge in [-0.25, -0.2) is 24.5 Å². The molecule has 3 heterocycles. The molecule has 0 spiro atoms. The number of nitrogens with one attached hydrogen (secondary N) is 2. The third-order valence-electron chi connectivity index (χ3n) is 9.57. The quantitative estimate of drug-likeness (QED) is 0.129. The molecule has 15 heteroatoms. The molecule has 5 aromatic rings. The molecule has 3 aromatic heterocycles. The van der Waals surface area contributed by atoms with Crippen LogP contribution in [0.2, 0.25) is 4.34 Å². The third kappa shape index (κ3) is 5.87. The van der Waals surface area contributed by atoms with Crippen LogP contribution in [0.15, 0.2) is 79.1 Å². The van der Waals surface area contributed by atoms with Gasteiger partial charge in [0.1, 0.15) is 12.1 Å². The van der Waals surface area contributed by atoms with E-state index in [2.05, 4.69) is 32.4 Å². The van der Waals surface area contributed by atoms with E-state index >= 15 is 0 Å². The van der Waals surface area contributed by atoms with Gasteiger partial charge in [0.2, 0.25) is 11.7 Å². The Balaban J connectivity index is 1.33. The van der Waals surface area contributed by atoms with Crippen molar-refractivity contribution in [2.75, 3.05) is 19.4 Å². The molecule has 3 aliphatic rings. The van der Waals surface area contributed by atoms with E-state index in [4.69, 9.17) is 37.5 Å². The standard InChI is InChI=1S/C36H33ClN8O5S/c1-40-30-27-31(44-24(43-30)16-14-22-13-15-23(37)51-22)45(19-42-27)36-17-35(18-36,34(48)41-2)28(49-32(46)25(38)20-9-5-3-6-10-20)29(36)50-33(47)26(39)21-11-7-4-8-12-21/h3-13,15,19,25-26,28-29H,17-18,38-39H2,1-2H3,(H,41,48)(H,40,43,44). The fourth-order valence-electron chi connectivity index (χ4n) is 7.15. The summed E-state index contributed by atoms with van der Waals surface area (Å²) in [7, 11) is 3.20. The maximum Gasteiger partial charge on any atom is 0.328 e. The molecule has 1 amide bonds. The fourth-order valence-corrected chi connectivity index (χ4v) is 8.05. The Morgan fingerprint density at radius 1 is 0.902 bits per heavy atom. The number of nitrogens with zero attached hydrogens (tertiary/aromatic N) is 4. The summed E-state index contributed by atoms with van der Waals surface area (Å²) in [6.45, 7) is 0. The Kier molecular flexibility index (Phi) is 8.98. The van der Waals surface area contributed by atoms with E-state index in [0.29, 0.717) is 32.4 Å². The minimum Gasteiger partial charge on any atom is -0.456 e. The Hall–Kier alpha value is -5.33. The molecule has 0 radical (unpaired) electrons. The zero-order chi connectivity index (χ0) is 35.9. The highest BCUT2D eigenvalue weighted by molar-refractivity contribution is 7.16. The molecule has 2 aromatic carbocycles. The molecule has 2 bridgehead atoms. The van der Waals surface area contributed by atoms with Crippen LogP contribution in [0.4, 0.5) is 5.82 Å². The van der Waals surface area contributed by atoms with Gasteiger partial charge in [0.15, 0.2) is 29.2 Å². The summed E-state index contributed by atoms with van der Waals surface area (Å²) in [5, 5.41) is 5.77. The van der Waals surface area contributed by atoms with Crippen molar-refractivity contribution in [3.63, 3.8) is 0 Å². The Labute approximate surface area is 301 Å². The number of hydrogen-bond acceptors (Lipinski definition) is 12. The Bertz CT molecular complexity index is 2190. The molecule has 0 aliphatic heterocycles. The number of amides is 1. The molecule has 0 saturated heterocycles. The molecule has 3 saturated carbocycles. The van der Waals surface area contributed by atoms with Gasteiger partial charge in [-0.15, -0.1) is 11.3 Å². The second-order valence-electron chi connectivity index (χ2n) is 12.5. The maximum atomic E-state index is 13.8. The van der Waals surface area contributed by atoms with Gasteiger partial charge < -0.3 is 36.1 Å². The van der Waals surface area contributed by atoms with Crippen LogP contribution in [0, 0.1) is 17.3 Å². The highest BCUT2D eigenvalue weighted by atomic mass is 35.5. The number of nitrogens with two attached hydrogens (primary N) is 2. The van der Waals surface area contributed by atoms with Crippen LogP contribution < -0.4 is 22.1 Å². The van der Waals surface area contributed by atoms with Gasteiger partial charge in [-0.05, 0) is 47.9 Å². The fraction of sp³-hybridized carbons (Fsp3) is 0.278. The summed E-state index contributed by atoms with van der Waals surface area (Å²) in [6.07, 6.45) is -0.636. The van der Waals surface area contributed by atoms with E-state index in [0.717, 1.165) is 4.88 Å². The number of benzene rings is 2. The summed E-state index contributed by atoms with van der Waals surface area (Å²) in [5.74, 6) is 4.71. The first kappa shape index (κ1) is 34.1. The molecule has 8 rings (SSSR count). The SMILES string of the molecule is CNC(=O)C12CC(n3cnc4c(NC)nc(C#Cc5ccc(Cl)s5)nc43)(C1)C(OC(=O)C(N)c1ccccc1)C2OC(=O)C(N)c1ccccc1. The number of fused-ring (bicyclic) bond motifs is 2. The summed E-state index contributed by atoms with van der Waals surface area (Å²) < 4.78 is 14.8. The number of esters is 2. The Morgan fingerprint density at radius 2 is 1.51 bits per heavy atom. The predicted octanol–water partition coefficient (Wildman–Crippen LogP) is 3.44. The van der Waals surface area contributed by atoms with E-state index in [-0.39, 0.29) is 24.6 Å². The topological polar surface area (TPSA) is 189 Å². The van der Waals surface area contributed by atoms with Crippen LogP contribution >= 0.6 is 22.9 Å². The van der Waals surface area contributed by atoms with Crippen LogP contribution in [-0.2, 0) is 29.4 Å². The van der Waals surface area contributed by atoms with Crippen molar-refractivity contribution in [1.82, 2.24) is 24.8 Å². The number of hydrogen-bond donors (Lipinski definition) is 4. The normalized spacial score (nSPS) is 22.9. The Morgan fingerprint density at radius 3 is 2.06 bits per heavy atom. The molecule has 260 valence electrons. The van der Waals surface area contributed by atoms with E-state index in [1.165, 1.54) is 18.4 Å². The molecule has 4 atom stereocenters. The number of thiophene rings is 1. The zero-order valence-corrected chi connectivity index (χ0v) is 29.1. The molecule has 3 fully saturated rings. The van der Waals surface area contributed by atoms with Crippen molar-refractivity contribution in [2.45, 2.75) is 42.7 Å². The number of imidazole rings is 1. The van der Waals surface area contributed by atoms with Crippen LogP contribution in [0.5, 0.6) is 0 Å². The monoisotopic (exact) mass is 724 g/mol. The smallest absolute Gasteiger partial charge is 0.328 e. The van der Waals surface area contributed by atoms with Gasteiger partial charge in [-0.3, -0.25) is 4.79 Å². The number of anilines is 1. The molecular weight excluding hydrogens is 692 g/mol. The molecule has 4 unspecified atom stereocenters. The summed E-state index contributed by atoms with van der Waals surface area (Å²) >= 11 is 7.42. The highest BCUT2D eigenvalue weighted by Gasteiger charge is 2.79. The lowest BCUT2D eigenvalue weighted by Crippen LogP contribution is -2.55. The average molecular weight is 725 g/mol. The number of halogens is 1. The first-order valence-electron chi connectivity index (χ1n) is 16.0. The summed E-state index contributed by atoms with van der Waals surface area (Å²) in [6, 6.07) is 18.7. The minimum absolute atomic E-state index is 0.121. The van der Waals surface area contributed by atoms with E-state index in [9.17, 15) is 14.4 Å². The predicted molar refractivity (Wildman–Crippen MR) is 190 cm³/mol. The second-order valence-corrected chi connectivity index (χ2v) is 14.2. The van der Waals surface area contributed by atoms with E-state index in [1.807, 2.05) is 0 Å². The third-order valence-corrected chi connectivity index (χ3v) is 10.7. The molecule has 51 heavy (non-hydrogen) atoms. The van der Waals surface area contributed by atoms with Gasteiger partial charge in [0.05, 0.1) is 26.5 Å². The van der Waals surface area contributed by atoms with Gasteiger partial charge in [-0.1, -0.05) is 72.3 Å². The molecule has 6 N–H and O–H groups in total.